The number of benzene rings is 1. The first kappa shape index (κ1) is 10.6. The standard InChI is InChI=1S/C13H14N2O/c16-13-5-3-11(4-6-13)8-15-10-12-2-1-7-14-9-12/h1-7,9,15-16H,8,10H2. The van der Waals surface area contributed by atoms with Crippen LogP contribution < -0.4 is 5.32 Å². The van der Waals surface area contributed by atoms with E-state index in [9.17, 15) is 0 Å². The topological polar surface area (TPSA) is 45.1 Å². The van der Waals surface area contributed by atoms with Gasteiger partial charge in [-0.25, -0.2) is 0 Å². The number of nitrogens with one attached hydrogen (secondary N) is 1. The Labute approximate surface area is 94.8 Å². The minimum atomic E-state index is 0.302. The van der Waals surface area contributed by atoms with Gasteiger partial charge in [0.25, 0.3) is 0 Å². The molecule has 0 radical (unpaired) electrons. The van der Waals surface area contributed by atoms with Gasteiger partial charge < -0.3 is 10.4 Å². The molecule has 0 unspecified atom stereocenters. The van der Waals surface area contributed by atoms with Gasteiger partial charge in [0, 0.05) is 25.5 Å². The van der Waals surface area contributed by atoms with Crippen LogP contribution in [0, 0.1) is 0 Å². The maximum atomic E-state index is 9.13. The normalized spacial score (nSPS) is 10.2. The molecule has 1 aromatic heterocycles. The van der Waals surface area contributed by atoms with Gasteiger partial charge in [-0.1, -0.05) is 18.2 Å². The van der Waals surface area contributed by atoms with Crippen LogP contribution in [0.1, 0.15) is 11.1 Å². The first-order chi connectivity index (χ1) is 7.84. The molecule has 0 aliphatic heterocycles. The molecule has 2 rings (SSSR count). The van der Waals surface area contributed by atoms with Crippen molar-refractivity contribution in [1.82, 2.24) is 10.3 Å². The quantitative estimate of drug-likeness (QED) is 0.819. The molecule has 0 atom stereocenters. The number of phenols is 1. The number of aromatic nitrogens is 1. The minimum absolute atomic E-state index is 0.302. The Kier molecular flexibility index (Phi) is 3.51. The third kappa shape index (κ3) is 3.07. The lowest BCUT2D eigenvalue weighted by Gasteiger charge is -2.04. The predicted molar refractivity (Wildman–Crippen MR) is 62.9 cm³/mol. The summed E-state index contributed by atoms with van der Waals surface area (Å²) >= 11 is 0. The lowest BCUT2D eigenvalue weighted by molar-refractivity contribution is 0.475. The van der Waals surface area contributed by atoms with Gasteiger partial charge in [-0.2, -0.15) is 0 Å². The van der Waals surface area contributed by atoms with Crippen LogP contribution in [0.5, 0.6) is 5.75 Å². The molecule has 3 nitrogen and oxygen atoms in total. The van der Waals surface area contributed by atoms with E-state index in [4.69, 9.17) is 5.11 Å². The van der Waals surface area contributed by atoms with Crippen molar-refractivity contribution >= 4 is 0 Å². The molecule has 0 saturated carbocycles. The number of phenolic OH excluding ortho intramolecular Hbond substituents is 1. The number of hydrogen-bond donors (Lipinski definition) is 2. The molecule has 0 amide bonds. The number of pyridine rings is 1. The summed E-state index contributed by atoms with van der Waals surface area (Å²) in [6, 6.07) is 11.2. The molecule has 0 spiro atoms. The Morgan fingerprint density at radius 1 is 1.00 bits per heavy atom. The summed E-state index contributed by atoms with van der Waals surface area (Å²) < 4.78 is 0. The maximum absolute atomic E-state index is 9.13. The summed E-state index contributed by atoms with van der Waals surface area (Å²) in [4.78, 5) is 4.05. The third-order valence-corrected chi connectivity index (χ3v) is 2.32. The van der Waals surface area contributed by atoms with Crippen molar-refractivity contribution in [1.29, 1.82) is 0 Å². The van der Waals surface area contributed by atoms with Crippen molar-refractivity contribution in [3.05, 3.63) is 59.9 Å². The highest BCUT2D eigenvalue weighted by molar-refractivity contribution is 5.25. The highest BCUT2D eigenvalue weighted by Gasteiger charge is 1.94. The van der Waals surface area contributed by atoms with E-state index in [0.717, 1.165) is 18.7 Å². The highest BCUT2D eigenvalue weighted by atomic mass is 16.3. The van der Waals surface area contributed by atoms with Crippen molar-refractivity contribution in [2.24, 2.45) is 0 Å². The number of rotatable bonds is 4. The molecule has 0 fully saturated rings. The van der Waals surface area contributed by atoms with E-state index in [1.54, 1.807) is 18.3 Å². The molecule has 1 heterocycles. The molecule has 82 valence electrons. The Bertz CT molecular complexity index is 425. The summed E-state index contributed by atoms with van der Waals surface area (Å²) in [6.45, 7) is 1.59. The van der Waals surface area contributed by atoms with E-state index >= 15 is 0 Å². The summed E-state index contributed by atoms with van der Waals surface area (Å²) in [6.07, 6.45) is 3.62. The molecule has 0 aliphatic carbocycles. The van der Waals surface area contributed by atoms with Gasteiger partial charge >= 0.3 is 0 Å². The van der Waals surface area contributed by atoms with Gasteiger partial charge in [-0.3, -0.25) is 4.98 Å². The molecule has 2 N–H and O–H groups in total. The lowest BCUT2D eigenvalue weighted by atomic mass is 10.2. The van der Waals surface area contributed by atoms with Crippen LogP contribution in [0.4, 0.5) is 0 Å². The van der Waals surface area contributed by atoms with Gasteiger partial charge in [0.05, 0.1) is 0 Å². The predicted octanol–water partition coefficient (Wildman–Crippen LogP) is 2.08. The average Bonchev–Trinajstić information content (AvgIpc) is 2.33. The zero-order valence-corrected chi connectivity index (χ0v) is 8.93. The van der Waals surface area contributed by atoms with Gasteiger partial charge in [0.15, 0.2) is 0 Å². The number of nitrogens with zero attached hydrogens (tertiary/aromatic N) is 1. The average molecular weight is 214 g/mol. The molecule has 16 heavy (non-hydrogen) atoms. The van der Waals surface area contributed by atoms with Gasteiger partial charge in [0.2, 0.25) is 0 Å². The second-order valence-corrected chi connectivity index (χ2v) is 3.63. The Balaban J connectivity index is 1.82. The van der Waals surface area contributed by atoms with Crippen molar-refractivity contribution in [2.75, 3.05) is 0 Å². The Morgan fingerprint density at radius 2 is 1.75 bits per heavy atom. The van der Waals surface area contributed by atoms with Crippen LogP contribution in [0.15, 0.2) is 48.8 Å². The van der Waals surface area contributed by atoms with Crippen LogP contribution in [-0.4, -0.2) is 10.1 Å². The van der Waals surface area contributed by atoms with Crippen LogP contribution in [-0.2, 0) is 13.1 Å². The third-order valence-electron chi connectivity index (χ3n) is 2.32. The van der Waals surface area contributed by atoms with Gasteiger partial charge in [-0.05, 0) is 29.3 Å². The fourth-order valence-corrected chi connectivity index (χ4v) is 1.47. The van der Waals surface area contributed by atoms with Crippen LogP contribution >= 0.6 is 0 Å². The van der Waals surface area contributed by atoms with E-state index < -0.39 is 0 Å². The van der Waals surface area contributed by atoms with Crippen LogP contribution in [0.3, 0.4) is 0 Å². The molecule has 0 aliphatic rings. The first-order valence-electron chi connectivity index (χ1n) is 5.22. The summed E-state index contributed by atoms with van der Waals surface area (Å²) in [7, 11) is 0. The second kappa shape index (κ2) is 5.28. The largest absolute Gasteiger partial charge is 0.508 e. The fourth-order valence-electron chi connectivity index (χ4n) is 1.47. The second-order valence-electron chi connectivity index (χ2n) is 3.63. The fraction of sp³-hybridized carbons (Fsp3) is 0.154. The van der Waals surface area contributed by atoms with E-state index in [2.05, 4.69) is 10.3 Å². The highest BCUT2D eigenvalue weighted by Crippen LogP contribution is 2.09. The van der Waals surface area contributed by atoms with Crippen LogP contribution in [0.2, 0.25) is 0 Å². The van der Waals surface area contributed by atoms with E-state index in [0.29, 0.717) is 5.75 Å². The smallest absolute Gasteiger partial charge is 0.115 e. The first-order valence-corrected chi connectivity index (χ1v) is 5.22. The van der Waals surface area contributed by atoms with E-state index in [1.807, 2.05) is 30.5 Å². The Morgan fingerprint density at radius 3 is 2.44 bits per heavy atom. The molecule has 0 bridgehead atoms. The zero-order chi connectivity index (χ0) is 11.2. The molecule has 0 saturated heterocycles. The molecular formula is C13H14N2O. The molecule has 1 aromatic carbocycles. The SMILES string of the molecule is Oc1ccc(CNCc2cccnc2)cc1. The van der Waals surface area contributed by atoms with Crippen LogP contribution in [0.25, 0.3) is 0 Å². The van der Waals surface area contributed by atoms with Crippen molar-refractivity contribution in [3.63, 3.8) is 0 Å². The number of aromatic hydroxyl groups is 1. The Hall–Kier alpha value is -1.87. The molecular weight excluding hydrogens is 200 g/mol. The number of hydrogen-bond acceptors (Lipinski definition) is 3. The zero-order valence-electron chi connectivity index (χ0n) is 8.93. The van der Waals surface area contributed by atoms with E-state index in [1.165, 1.54) is 5.56 Å². The van der Waals surface area contributed by atoms with Crippen molar-refractivity contribution in [3.8, 4) is 5.75 Å². The summed E-state index contributed by atoms with van der Waals surface area (Å²) in [5, 5.41) is 12.4. The molecule has 2 aromatic rings. The molecule has 3 heteroatoms. The summed E-state index contributed by atoms with van der Waals surface area (Å²) in [5.74, 6) is 0.302. The lowest BCUT2D eigenvalue weighted by Crippen LogP contribution is -2.12. The van der Waals surface area contributed by atoms with Gasteiger partial charge in [-0.15, -0.1) is 0 Å². The monoisotopic (exact) mass is 214 g/mol. The maximum Gasteiger partial charge on any atom is 0.115 e. The minimum Gasteiger partial charge on any atom is -0.508 e. The summed E-state index contributed by atoms with van der Waals surface area (Å²) in [5.41, 5.74) is 2.32. The van der Waals surface area contributed by atoms with Crippen molar-refractivity contribution < 1.29 is 5.11 Å². The van der Waals surface area contributed by atoms with E-state index in [-0.39, 0.29) is 0 Å². The van der Waals surface area contributed by atoms with Crippen molar-refractivity contribution in [2.45, 2.75) is 13.1 Å². The van der Waals surface area contributed by atoms with Gasteiger partial charge in [0.1, 0.15) is 5.75 Å².